The van der Waals surface area contributed by atoms with Crippen LogP contribution in [0.25, 0.3) is 0 Å². The van der Waals surface area contributed by atoms with Gasteiger partial charge in [-0.2, -0.15) is 10.1 Å². The summed E-state index contributed by atoms with van der Waals surface area (Å²) in [7, 11) is 1.48. The van der Waals surface area contributed by atoms with Crippen molar-refractivity contribution in [2.45, 2.75) is 70.6 Å². The molecular formula is C25H36N6O2. The quantitative estimate of drug-likeness (QED) is 0.587. The van der Waals surface area contributed by atoms with Crippen LogP contribution in [0.3, 0.4) is 0 Å². The molecule has 0 radical (unpaired) electrons. The number of hydrogen-bond donors (Lipinski definition) is 2. The highest BCUT2D eigenvalue weighted by atomic mass is 16.5. The van der Waals surface area contributed by atoms with Crippen molar-refractivity contribution < 1.29 is 9.53 Å². The summed E-state index contributed by atoms with van der Waals surface area (Å²) >= 11 is 0. The standard InChI is InChI=1S/C25H36N6O2/c1-16-10-22(27-23-13-21(29-30-23)19-8-9-19)28-25(26-16)31-14-17(12-24(32)33-2)11-20(15-31)18-6-4-3-5-7-18/h10,13,17-20H,3-9,11-12,14-15H2,1-2H3,(H2,26,27,28,29,30)/t17-,20?/m0/s1. The third kappa shape index (κ3) is 5.47. The van der Waals surface area contributed by atoms with Crippen LogP contribution >= 0.6 is 0 Å². The molecule has 1 unspecified atom stereocenters. The molecule has 178 valence electrons. The van der Waals surface area contributed by atoms with Crippen molar-refractivity contribution in [3.63, 3.8) is 0 Å². The number of rotatable bonds is 7. The molecule has 2 N–H and O–H groups in total. The first kappa shape index (κ1) is 22.2. The Morgan fingerprint density at radius 3 is 2.67 bits per heavy atom. The molecule has 3 heterocycles. The van der Waals surface area contributed by atoms with Gasteiger partial charge in [-0.25, -0.2) is 4.98 Å². The first-order valence-corrected chi connectivity index (χ1v) is 12.6. The summed E-state index contributed by atoms with van der Waals surface area (Å²) in [6, 6.07) is 4.05. The van der Waals surface area contributed by atoms with Crippen LogP contribution in [-0.2, 0) is 9.53 Å². The predicted molar refractivity (Wildman–Crippen MR) is 128 cm³/mol. The van der Waals surface area contributed by atoms with Crippen molar-refractivity contribution in [3.8, 4) is 0 Å². The summed E-state index contributed by atoms with van der Waals surface area (Å²) in [6.07, 6.45) is 10.6. The number of nitrogens with zero attached hydrogens (tertiary/aromatic N) is 4. The van der Waals surface area contributed by atoms with E-state index in [4.69, 9.17) is 14.7 Å². The van der Waals surface area contributed by atoms with E-state index in [0.29, 0.717) is 18.3 Å². The van der Waals surface area contributed by atoms with E-state index in [1.54, 1.807) is 0 Å². The monoisotopic (exact) mass is 452 g/mol. The Balaban J connectivity index is 1.35. The molecule has 2 aromatic rings. The molecule has 2 aromatic heterocycles. The number of anilines is 3. The first-order chi connectivity index (χ1) is 16.1. The summed E-state index contributed by atoms with van der Waals surface area (Å²) in [5.41, 5.74) is 2.12. The van der Waals surface area contributed by atoms with Gasteiger partial charge in [0.05, 0.1) is 13.5 Å². The zero-order chi connectivity index (χ0) is 22.8. The molecule has 8 heteroatoms. The Kier molecular flexibility index (Phi) is 6.51. The van der Waals surface area contributed by atoms with Gasteiger partial charge in [0.25, 0.3) is 0 Å². The molecule has 5 rings (SSSR count). The maximum absolute atomic E-state index is 12.1. The molecule has 33 heavy (non-hydrogen) atoms. The van der Waals surface area contributed by atoms with Gasteiger partial charge in [0.1, 0.15) is 5.82 Å². The first-order valence-electron chi connectivity index (χ1n) is 12.6. The minimum Gasteiger partial charge on any atom is -0.469 e. The van der Waals surface area contributed by atoms with E-state index in [1.807, 2.05) is 13.0 Å². The van der Waals surface area contributed by atoms with Gasteiger partial charge < -0.3 is 15.0 Å². The van der Waals surface area contributed by atoms with E-state index in [0.717, 1.165) is 48.7 Å². The van der Waals surface area contributed by atoms with Crippen molar-refractivity contribution in [1.82, 2.24) is 20.2 Å². The second-order valence-corrected chi connectivity index (χ2v) is 10.2. The fourth-order valence-electron chi connectivity index (χ4n) is 5.72. The maximum atomic E-state index is 12.1. The Morgan fingerprint density at radius 2 is 1.91 bits per heavy atom. The Labute approximate surface area is 195 Å². The van der Waals surface area contributed by atoms with Crippen LogP contribution in [0, 0.1) is 24.7 Å². The predicted octanol–water partition coefficient (Wildman–Crippen LogP) is 4.72. The number of piperidine rings is 1. The number of nitrogens with one attached hydrogen (secondary N) is 2. The minimum absolute atomic E-state index is 0.123. The summed E-state index contributed by atoms with van der Waals surface area (Å²) in [5, 5.41) is 10.9. The average Bonchev–Trinajstić information content (AvgIpc) is 3.58. The van der Waals surface area contributed by atoms with E-state index in [-0.39, 0.29) is 11.9 Å². The molecule has 0 spiro atoms. The molecule has 2 atom stereocenters. The minimum atomic E-state index is -0.123. The van der Waals surface area contributed by atoms with Crippen molar-refractivity contribution in [1.29, 1.82) is 0 Å². The molecule has 1 saturated heterocycles. The van der Waals surface area contributed by atoms with Gasteiger partial charge in [-0.3, -0.25) is 9.89 Å². The summed E-state index contributed by atoms with van der Waals surface area (Å²) in [6.45, 7) is 3.75. The zero-order valence-corrected chi connectivity index (χ0v) is 19.8. The Bertz CT molecular complexity index is 966. The largest absolute Gasteiger partial charge is 0.469 e. The fourth-order valence-corrected chi connectivity index (χ4v) is 5.72. The Morgan fingerprint density at radius 1 is 1.09 bits per heavy atom. The SMILES string of the molecule is COC(=O)C[C@@H]1CC(C2CCCCC2)CN(c2nc(C)cc(Nc3cc(C4CC4)[nH]n3)n2)C1. The zero-order valence-electron chi connectivity index (χ0n) is 19.8. The molecule has 0 aromatic carbocycles. The lowest BCUT2D eigenvalue weighted by molar-refractivity contribution is -0.141. The van der Waals surface area contributed by atoms with Crippen LogP contribution in [0.2, 0.25) is 0 Å². The molecule has 0 amide bonds. The van der Waals surface area contributed by atoms with Crippen LogP contribution in [0.15, 0.2) is 12.1 Å². The lowest BCUT2D eigenvalue weighted by atomic mass is 9.73. The van der Waals surface area contributed by atoms with E-state index in [1.165, 1.54) is 57.7 Å². The van der Waals surface area contributed by atoms with Crippen molar-refractivity contribution in [3.05, 3.63) is 23.5 Å². The second kappa shape index (κ2) is 9.69. The number of ether oxygens (including phenoxy) is 1. The van der Waals surface area contributed by atoms with Gasteiger partial charge in [0.15, 0.2) is 5.82 Å². The third-order valence-electron chi connectivity index (χ3n) is 7.57. The summed E-state index contributed by atoms with van der Waals surface area (Å²) < 4.78 is 4.99. The molecule has 1 aliphatic heterocycles. The van der Waals surface area contributed by atoms with Crippen LogP contribution in [0.4, 0.5) is 17.6 Å². The topological polar surface area (TPSA) is 96.0 Å². The number of aromatic nitrogens is 4. The molecule has 3 aliphatic rings. The van der Waals surface area contributed by atoms with Gasteiger partial charge >= 0.3 is 5.97 Å². The number of carbonyl (C=O) groups excluding carboxylic acids is 1. The number of aromatic amines is 1. The second-order valence-electron chi connectivity index (χ2n) is 10.2. The van der Waals surface area contributed by atoms with E-state index in [2.05, 4.69) is 26.5 Å². The number of hydrogen-bond acceptors (Lipinski definition) is 7. The Hall–Kier alpha value is -2.64. The summed E-state index contributed by atoms with van der Waals surface area (Å²) in [4.78, 5) is 24.0. The number of H-pyrrole nitrogens is 1. The van der Waals surface area contributed by atoms with Gasteiger partial charge in [-0.05, 0) is 43.9 Å². The molecule has 8 nitrogen and oxygen atoms in total. The molecule has 2 aliphatic carbocycles. The summed E-state index contributed by atoms with van der Waals surface area (Å²) in [5.74, 6) is 4.38. The highest BCUT2D eigenvalue weighted by Gasteiger charge is 2.35. The number of methoxy groups -OCH3 is 1. The lowest BCUT2D eigenvalue weighted by Gasteiger charge is -2.42. The van der Waals surface area contributed by atoms with Crippen molar-refractivity contribution in [2.75, 3.05) is 30.4 Å². The number of aryl methyl sites for hydroxylation is 1. The molecular weight excluding hydrogens is 416 g/mol. The van der Waals surface area contributed by atoms with Crippen LogP contribution in [0.1, 0.15) is 75.1 Å². The van der Waals surface area contributed by atoms with Crippen LogP contribution < -0.4 is 10.2 Å². The van der Waals surface area contributed by atoms with Gasteiger partial charge in [-0.1, -0.05) is 32.1 Å². The van der Waals surface area contributed by atoms with Crippen LogP contribution in [0.5, 0.6) is 0 Å². The number of esters is 1. The van der Waals surface area contributed by atoms with E-state index >= 15 is 0 Å². The highest BCUT2D eigenvalue weighted by molar-refractivity contribution is 5.69. The molecule has 3 fully saturated rings. The fraction of sp³-hybridized carbons (Fsp3) is 0.680. The van der Waals surface area contributed by atoms with E-state index < -0.39 is 0 Å². The lowest BCUT2D eigenvalue weighted by Crippen LogP contribution is -2.45. The van der Waals surface area contributed by atoms with Gasteiger partial charge in [0.2, 0.25) is 5.95 Å². The van der Waals surface area contributed by atoms with Crippen molar-refractivity contribution in [2.24, 2.45) is 17.8 Å². The average molecular weight is 453 g/mol. The normalized spacial score (nSPS) is 24.0. The number of carbonyl (C=O) groups is 1. The third-order valence-corrected chi connectivity index (χ3v) is 7.57. The smallest absolute Gasteiger partial charge is 0.305 e. The van der Waals surface area contributed by atoms with Crippen molar-refractivity contribution >= 4 is 23.6 Å². The van der Waals surface area contributed by atoms with E-state index in [9.17, 15) is 4.79 Å². The van der Waals surface area contributed by atoms with Gasteiger partial charge in [-0.15, -0.1) is 0 Å². The molecule has 2 saturated carbocycles. The van der Waals surface area contributed by atoms with Crippen LogP contribution in [-0.4, -0.2) is 46.3 Å². The maximum Gasteiger partial charge on any atom is 0.305 e. The molecule has 0 bridgehead atoms. The van der Waals surface area contributed by atoms with Gasteiger partial charge in [0, 0.05) is 42.5 Å². The highest BCUT2D eigenvalue weighted by Crippen LogP contribution is 2.40.